The average Bonchev–Trinajstić information content (AvgIpc) is 2.75. The van der Waals surface area contributed by atoms with Crippen molar-refractivity contribution in [2.45, 2.75) is 13.5 Å². The molecule has 4 N–H and O–H groups in total. The highest BCUT2D eigenvalue weighted by Gasteiger charge is 2.11. The first kappa shape index (κ1) is 12.6. The zero-order valence-corrected chi connectivity index (χ0v) is 11.4. The number of hydrogen-bond acceptors (Lipinski definition) is 3. The zero-order valence-electron chi connectivity index (χ0n) is 9.83. The lowest BCUT2D eigenvalue weighted by Gasteiger charge is -2.08. The van der Waals surface area contributed by atoms with Gasteiger partial charge >= 0.3 is 0 Å². The van der Waals surface area contributed by atoms with E-state index in [0.717, 1.165) is 15.6 Å². The van der Waals surface area contributed by atoms with Gasteiger partial charge in [0.1, 0.15) is 5.82 Å². The van der Waals surface area contributed by atoms with Gasteiger partial charge < -0.3 is 11.1 Å². The second-order valence-corrected chi connectivity index (χ2v) is 4.76. The third kappa shape index (κ3) is 2.53. The van der Waals surface area contributed by atoms with E-state index < -0.39 is 0 Å². The topological polar surface area (TPSA) is 83.8 Å². The van der Waals surface area contributed by atoms with Crippen LogP contribution in [0.1, 0.15) is 21.5 Å². The van der Waals surface area contributed by atoms with Crippen LogP contribution in [0.25, 0.3) is 0 Å². The number of rotatable bonds is 3. The van der Waals surface area contributed by atoms with Gasteiger partial charge in [0.15, 0.2) is 0 Å². The van der Waals surface area contributed by atoms with Crippen molar-refractivity contribution in [2.24, 2.45) is 0 Å². The molecule has 0 aliphatic heterocycles. The Bertz CT molecular complexity index is 579. The Hall–Kier alpha value is -1.82. The number of nitrogens with two attached hydrogens (primary N) is 1. The molecule has 18 heavy (non-hydrogen) atoms. The second-order valence-electron chi connectivity index (χ2n) is 3.90. The fourth-order valence-electron chi connectivity index (χ4n) is 1.59. The van der Waals surface area contributed by atoms with E-state index in [-0.39, 0.29) is 5.91 Å². The number of nitrogens with zero attached hydrogens (tertiary/aromatic N) is 1. The number of nitrogen functional groups attached to an aromatic ring is 1. The van der Waals surface area contributed by atoms with E-state index in [9.17, 15) is 4.79 Å². The summed E-state index contributed by atoms with van der Waals surface area (Å²) in [7, 11) is 0. The predicted octanol–water partition coefficient (Wildman–Crippen LogP) is 1.99. The minimum Gasteiger partial charge on any atom is -0.384 e. The summed E-state index contributed by atoms with van der Waals surface area (Å²) in [6.07, 6.45) is 1.60. The molecule has 6 heteroatoms. The monoisotopic (exact) mass is 308 g/mol. The first-order valence-corrected chi connectivity index (χ1v) is 6.20. The molecule has 1 heterocycles. The zero-order chi connectivity index (χ0) is 13.1. The van der Waals surface area contributed by atoms with Crippen LogP contribution in [0.15, 0.2) is 28.9 Å². The lowest BCUT2D eigenvalue weighted by Crippen LogP contribution is -2.23. The van der Waals surface area contributed by atoms with Crippen LogP contribution in [-0.2, 0) is 6.54 Å². The molecule has 0 saturated heterocycles. The van der Waals surface area contributed by atoms with Gasteiger partial charge in [-0.2, -0.15) is 5.10 Å². The molecule has 0 bridgehead atoms. The number of aromatic nitrogens is 2. The first-order chi connectivity index (χ1) is 8.59. The number of benzene rings is 1. The van der Waals surface area contributed by atoms with Gasteiger partial charge in [-0.3, -0.25) is 9.89 Å². The van der Waals surface area contributed by atoms with E-state index >= 15 is 0 Å². The summed E-state index contributed by atoms with van der Waals surface area (Å²) in [5, 5.41) is 9.23. The Balaban J connectivity index is 2.09. The first-order valence-electron chi connectivity index (χ1n) is 5.40. The Labute approximate surface area is 113 Å². The van der Waals surface area contributed by atoms with Gasteiger partial charge in [-0.1, -0.05) is 22.0 Å². The van der Waals surface area contributed by atoms with Gasteiger partial charge in [-0.05, 0) is 24.6 Å². The van der Waals surface area contributed by atoms with Gasteiger partial charge in [0.25, 0.3) is 5.91 Å². The van der Waals surface area contributed by atoms with Crippen molar-refractivity contribution < 1.29 is 4.79 Å². The fourth-order valence-corrected chi connectivity index (χ4v) is 1.95. The molecule has 0 atom stereocenters. The summed E-state index contributed by atoms with van der Waals surface area (Å²) < 4.78 is 0.915. The predicted molar refractivity (Wildman–Crippen MR) is 73.0 cm³/mol. The molecular weight excluding hydrogens is 296 g/mol. The normalized spacial score (nSPS) is 10.3. The van der Waals surface area contributed by atoms with Gasteiger partial charge in [0, 0.05) is 22.1 Å². The van der Waals surface area contributed by atoms with Crippen molar-refractivity contribution in [1.29, 1.82) is 0 Å². The minimum absolute atomic E-state index is 0.130. The van der Waals surface area contributed by atoms with Crippen LogP contribution in [0, 0.1) is 6.92 Å². The molecule has 1 aromatic carbocycles. The molecule has 0 fully saturated rings. The van der Waals surface area contributed by atoms with Crippen LogP contribution in [0.2, 0.25) is 0 Å². The molecule has 2 aromatic rings. The number of anilines is 1. The highest BCUT2D eigenvalue weighted by Crippen LogP contribution is 2.19. The van der Waals surface area contributed by atoms with Gasteiger partial charge in [0.2, 0.25) is 0 Å². The molecule has 0 spiro atoms. The Morgan fingerprint density at radius 1 is 1.56 bits per heavy atom. The number of hydrogen-bond donors (Lipinski definition) is 3. The number of aromatic amines is 1. The van der Waals surface area contributed by atoms with Crippen LogP contribution >= 0.6 is 15.9 Å². The molecule has 1 aromatic heterocycles. The lowest BCUT2D eigenvalue weighted by atomic mass is 10.1. The molecule has 1 amide bonds. The van der Waals surface area contributed by atoms with Crippen molar-refractivity contribution in [3.8, 4) is 0 Å². The Morgan fingerprint density at radius 3 is 3.00 bits per heavy atom. The Morgan fingerprint density at radius 2 is 2.33 bits per heavy atom. The minimum atomic E-state index is -0.130. The summed E-state index contributed by atoms with van der Waals surface area (Å²) in [5.74, 6) is 0.343. The SMILES string of the molecule is Cc1c(Br)cccc1C(=O)NCc1cn[nH]c1N. The third-order valence-electron chi connectivity index (χ3n) is 2.70. The van der Waals surface area contributed by atoms with Crippen molar-refractivity contribution in [1.82, 2.24) is 15.5 Å². The molecule has 5 nitrogen and oxygen atoms in total. The average molecular weight is 309 g/mol. The molecular formula is C12H13BrN4O. The number of carbonyl (C=O) groups is 1. The maximum Gasteiger partial charge on any atom is 0.251 e. The van der Waals surface area contributed by atoms with Crippen molar-refractivity contribution in [3.05, 3.63) is 45.6 Å². The smallest absolute Gasteiger partial charge is 0.251 e. The number of nitrogens with one attached hydrogen (secondary N) is 2. The van der Waals surface area contributed by atoms with E-state index in [2.05, 4.69) is 31.4 Å². The van der Waals surface area contributed by atoms with E-state index in [4.69, 9.17) is 5.73 Å². The molecule has 0 aliphatic rings. The van der Waals surface area contributed by atoms with Crippen LogP contribution in [-0.4, -0.2) is 16.1 Å². The highest BCUT2D eigenvalue weighted by atomic mass is 79.9. The van der Waals surface area contributed by atoms with Gasteiger partial charge in [-0.15, -0.1) is 0 Å². The summed E-state index contributed by atoms with van der Waals surface area (Å²) >= 11 is 3.40. The van der Waals surface area contributed by atoms with Crippen LogP contribution in [0.3, 0.4) is 0 Å². The Kier molecular flexibility index (Phi) is 3.66. The summed E-state index contributed by atoms with van der Waals surface area (Å²) in [6.45, 7) is 2.25. The van der Waals surface area contributed by atoms with Crippen molar-refractivity contribution >= 4 is 27.7 Å². The second kappa shape index (κ2) is 5.22. The number of halogens is 1. The maximum atomic E-state index is 12.0. The third-order valence-corrected chi connectivity index (χ3v) is 3.56. The summed E-state index contributed by atoms with van der Waals surface area (Å²) in [6, 6.07) is 5.52. The van der Waals surface area contributed by atoms with Gasteiger partial charge in [0.05, 0.1) is 6.20 Å². The standard InChI is InChI=1S/C12H13BrN4O/c1-7-9(3-2-4-10(7)13)12(18)15-5-8-6-16-17-11(8)14/h2-4,6H,5H2,1H3,(H,15,18)(H3,14,16,17). The van der Waals surface area contributed by atoms with Crippen LogP contribution in [0.5, 0.6) is 0 Å². The van der Waals surface area contributed by atoms with E-state index in [0.29, 0.717) is 17.9 Å². The van der Waals surface area contributed by atoms with Gasteiger partial charge in [-0.25, -0.2) is 0 Å². The quantitative estimate of drug-likeness (QED) is 0.811. The molecule has 2 rings (SSSR count). The summed E-state index contributed by atoms with van der Waals surface area (Å²) in [4.78, 5) is 12.0. The maximum absolute atomic E-state index is 12.0. The molecule has 0 aliphatic carbocycles. The highest BCUT2D eigenvalue weighted by molar-refractivity contribution is 9.10. The molecule has 0 radical (unpaired) electrons. The van der Waals surface area contributed by atoms with E-state index in [1.54, 1.807) is 12.3 Å². The largest absolute Gasteiger partial charge is 0.384 e. The van der Waals surface area contributed by atoms with Crippen molar-refractivity contribution in [2.75, 3.05) is 5.73 Å². The fraction of sp³-hybridized carbons (Fsp3) is 0.167. The molecule has 0 unspecified atom stereocenters. The van der Waals surface area contributed by atoms with Crippen molar-refractivity contribution in [3.63, 3.8) is 0 Å². The molecule has 0 saturated carbocycles. The summed E-state index contributed by atoms with van der Waals surface area (Å²) in [5.41, 5.74) is 7.97. The van der Waals surface area contributed by atoms with E-state index in [1.165, 1.54) is 0 Å². The van der Waals surface area contributed by atoms with E-state index in [1.807, 2.05) is 19.1 Å². The van der Waals surface area contributed by atoms with Crippen LogP contribution < -0.4 is 11.1 Å². The van der Waals surface area contributed by atoms with Crippen LogP contribution in [0.4, 0.5) is 5.82 Å². The number of carbonyl (C=O) groups excluding carboxylic acids is 1. The number of H-pyrrole nitrogens is 1. The molecule has 94 valence electrons. The lowest BCUT2D eigenvalue weighted by molar-refractivity contribution is 0.0950. The number of amides is 1.